The second-order valence-electron chi connectivity index (χ2n) is 6.68. The van der Waals surface area contributed by atoms with Gasteiger partial charge in [0.2, 0.25) is 5.91 Å². The third-order valence-electron chi connectivity index (χ3n) is 4.73. The monoisotopic (exact) mass is 352 g/mol. The maximum Gasteiger partial charge on any atom is 0.253 e. The van der Waals surface area contributed by atoms with Crippen molar-refractivity contribution in [1.82, 2.24) is 10.2 Å². The molecule has 0 bridgehead atoms. The Morgan fingerprint density at radius 2 is 1.88 bits per heavy atom. The zero-order valence-corrected chi connectivity index (χ0v) is 14.9. The van der Waals surface area contributed by atoms with Crippen molar-refractivity contribution in [2.45, 2.75) is 32.1 Å². The van der Waals surface area contributed by atoms with E-state index in [4.69, 9.17) is 9.47 Å². The summed E-state index contributed by atoms with van der Waals surface area (Å²) in [6, 6.07) is 0. The normalized spacial score (nSPS) is 23.3. The Labute approximate surface area is 148 Å². The van der Waals surface area contributed by atoms with Gasteiger partial charge >= 0.3 is 0 Å². The number of hydrogen-bond acceptors (Lipinski definition) is 5. The first-order chi connectivity index (χ1) is 12.1. The number of carbonyl (C=O) groups is 3. The van der Waals surface area contributed by atoms with Gasteiger partial charge < -0.3 is 14.8 Å². The van der Waals surface area contributed by atoms with Crippen molar-refractivity contribution >= 4 is 17.7 Å². The van der Waals surface area contributed by atoms with Crippen molar-refractivity contribution < 1.29 is 23.9 Å². The van der Waals surface area contributed by atoms with Gasteiger partial charge in [-0.2, -0.15) is 0 Å². The molecule has 7 nitrogen and oxygen atoms in total. The van der Waals surface area contributed by atoms with E-state index < -0.39 is 0 Å². The van der Waals surface area contributed by atoms with Crippen LogP contribution in [-0.4, -0.2) is 62.6 Å². The third-order valence-corrected chi connectivity index (χ3v) is 4.73. The molecular weight excluding hydrogens is 324 g/mol. The minimum atomic E-state index is -0.214. The Bertz CT molecular complexity index is 488. The molecular formula is C18H28N2O5. The van der Waals surface area contributed by atoms with Gasteiger partial charge in [-0.05, 0) is 31.1 Å². The van der Waals surface area contributed by atoms with E-state index in [1.54, 1.807) is 7.11 Å². The van der Waals surface area contributed by atoms with Crippen molar-refractivity contribution in [3.8, 4) is 0 Å². The van der Waals surface area contributed by atoms with Crippen LogP contribution in [0.2, 0.25) is 0 Å². The van der Waals surface area contributed by atoms with Gasteiger partial charge in [0.25, 0.3) is 11.8 Å². The molecule has 2 unspecified atom stereocenters. The van der Waals surface area contributed by atoms with Crippen LogP contribution in [0.3, 0.4) is 0 Å². The van der Waals surface area contributed by atoms with Crippen LogP contribution >= 0.6 is 0 Å². The molecule has 3 amide bonds. The Kier molecular flexibility index (Phi) is 8.08. The van der Waals surface area contributed by atoms with E-state index in [-0.39, 0.29) is 17.7 Å². The Morgan fingerprint density at radius 1 is 1.16 bits per heavy atom. The summed E-state index contributed by atoms with van der Waals surface area (Å²) in [7, 11) is 1.61. The summed E-state index contributed by atoms with van der Waals surface area (Å²) in [5.74, 6) is 0.287. The van der Waals surface area contributed by atoms with E-state index in [0.29, 0.717) is 51.2 Å². The summed E-state index contributed by atoms with van der Waals surface area (Å²) in [5.41, 5.74) is 0. The summed E-state index contributed by atoms with van der Waals surface area (Å²) in [5, 5.41) is 2.97. The quantitative estimate of drug-likeness (QED) is 0.466. The van der Waals surface area contributed by atoms with Crippen LogP contribution in [0.5, 0.6) is 0 Å². The molecule has 1 heterocycles. The van der Waals surface area contributed by atoms with E-state index in [2.05, 4.69) is 5.32 Å². The number of nitrogens with zero attached hydrogens (tertiary/aromatic N) is 1. The fraction of sp³-hybridized carbons (Fsp3) is 0.722. The largest absolute Gasteiger partial charge is 0.382 e. The molecule has 2 atom stereocenters. The maximum absolute atomic E-state index is 11.8. The third kappa shape index (κ3) is 6.59. The summed E-state index contributed by atoms with van der Waals surface area (Å²) >= 11 is 0. The van der Waals surface area contributed by atoms with Gasteiger partial charge in [0, 0.05) is 38.8 Å². The van der Waals surface area contributed by atoms with Crippen LogP contribution in [0.25, 0.3) is 0 Å². The van der Waals surface area contributed by atoms with E-state index in [1.807, 2.05) is 0 Å². The lowest BCUT2D eigenvalue weighted by Gasteiger charge is -2.31. The highest BCUT2D eigenvalue weighted by molar-refractivity contribution is 6.12. The molecule has 0 aromatic heterocycles. The van der Waals surface area contributed by atoms with Gasteiger partial charge in [-0.25, -0.2) is 0 Å². The molecule has 2 aliphatic rings. The summed E-state index contributed by atoms with van der Waals surface area (Å²) < 4.78 is 10.2. The van der Waals surface area contributed by atoms with Crippen molar-refractivity contribution in [2.24, 2.45) is 11.8 Å². The van der Waals surface area contributed by atoms with Crippen molar-refractivity contribution in [3.05, 3.63) is 12.2 Å². The minimum Gasteiger partial charge on any atom is -0.382 e. The van der Waals surface area contributed by atoms with E-state index in [9.17, 15) is 14.4 Å². The smallest absolute Gasteiger partial charge is 0.253 e. The number of carbonyl (C=O) groups excluding carboxylic acids is 3. The molecule has 0 spiro atoms. The van der Waals surface area contributed by atoms with Gasteiger partial charge in [-0.15, -0.1) is 0 Å². The lowest BCUT2D eigenvalue weighted by atomic mass is 9.81. The fourth-order valence-corrected chi connectivity index (χ4v) is 3.38. The molecule has 0 saturated heterocycles. The van der Waals surface area contributed by atoms with Crippen molar-refractivity contribution in [3.63, 3.8) is 0 Å². The first kappa shape index (κ1) is 19.6. The van der Waals surface area contributed by atoms with Gasteiger partial charge in [-0.1, -0.05) is 6.42 Å². The van der Waals surface area contributed by atoms with Crippen molar-refractivity contribution in [2.75, 3.05) is 40.0 Å². The molecule has 0 radical (unpaired) electrons. The second kappa shape index (κ2) is 10.3. The van der Waals surface area contributed by atoms with Crippen molar-refractivity contribution in [1.29, 1.82) is 0 Å². The van der Waals surface area contributed by atoms with Crippen LogP contribution in [0, 0.1) is 11.8 Å². The van der Waals surface area contributed by atoms with Gasteiger partial charge in [0.15, 0.2) is 0 Å². The van der Waals surface area contributed by atoms with Crippen LogP contribution in [0.15, 0.2) is 12.2 Å². The molecule has 0 aromatic carbocycles. The standard InChI is InChI=1S/C18H28N2O5/c1-24-9-10-25-8-7-16(21)19-12-14-3-2-4-15(11-14)13-20-17(22)5-6-18(20)23/h5-6,14-15H,2-4,7-13H2,1H3,(H,19,21). The Morgan fingerprint density at radius 3 is 2.60 bits per heavy atom. The summed E-state index contributed by atoms with van der Waals surface area (Å²) in [6.45, 7) is 2.56. The number of nitrogens with one attached hydrogen (secondary N) is 1. The first-order valence-corrected chi connectivity index (χ1v) is 8.97. The van der Waals surface area contributed by atoms with Crippen LogP contribution < -0.4 is 5.32 Å². The van der Waals surface area contributed by atoms with Crippen LogP contribution in [0.4, 0.5) is 0 Å². The maximum atomic E-state index is 11.8. The van der Waals surface area contributed by atoms with Gasteiger partial charge in [0.1, 0.15) is 0 Å². The molecule has 1 saturated carbocycles. The fourth-order valence-electron chi connectivity index (χ4n) is 3.38. The highest BCUT2D eigenvalue weighted by atomic mass is 16.5. The van der Waals surface area contributed by atoms with Gasteiger partial charge in [0.05, 0.1) is 19.8 Å². The second-order valence-corrected chi connectivity index (χ2v) is 6.68. The highest BCUT2D eigenvalue weighted by Crippen LogP contribution is 2.29. The minimum absolute atomic E-state index is 0.00589. The number of methoxy groups -OCH3 is 1. The molecule has 140 valence electrons. The molecule has 2 rings (SSSR count). The van der Waals surface area contributed by atoms with Crippen LogP contribution in [0.1, 0.15) is 32.1 Å². The zero-order valence-electron chi connectivity index (χ0n) is 14.9. The zero-order chi connectivity index (χ0) is 18.1. The molecule has 1 N–H and O–H groups in total. The number of amides is 3. The van der Waals surface area contributed by atoms with E-state index >= 15 is 0 Å². The molecule has 1 aliphatic carbocycles. The molecule has 25 heavy (non-hydrogen) atoms. The number of imide groups is 1. The van der Waals surface area contributed by atoms with E-state index in [0.717, 1.165) is 25.7 Å². The van der Waals surface area contributed by atoms with Gasteiger partial charge in [-0.3, -0.25) is 19.3 Å². The Balaban J connectivity index is 1.63. The van der Waals surface area contributed by atoms with Crippen LogP contribution in [-0.2, 0) is 23.9 Å². The highest BCUT2D eigenvalue weighted by Gasteiger charge is 2.29. The lowest BCUT2D eigenvalue weighted by molar-refractivity contribution is -0.137. The SMILES string of the molecule is COCCOCCC(=O)NCC1CCCC(CN2C(=O)C=CC2=O)C1. The average molecular weight is 352 g/mol. The van der Waals surface area contributed by atoms with E-state index in [1.165, 1.54) is 17.1 Å². The first-order valence-electron chi connectivity index (χ1n) is 8.97. The lowest BCUT2D eigenvalue weighted by Crippen LogP contribution is -2.38. The predicted molar refractivity (Wildman–Crippen MR) is 91.6 cm³/mol. The molecule has 0 aromatic rings. The topological polar surface area (TPSA) is 84.9 Å². The summed E-state index contributed by atoms with van der Waals surface area (Å²) in [6.07, 6.45) is 7.10. The number of ether oxygens (including phenoxy) is 2. The average Bonchev–Trinajstić information content (AvgIpc) is 2.92. The molecule has 7 heteroatoms. The molecule has 1 fully saturated rings. The predicted octanol–water partition coefficient (Wildman–Crippen LogP) is 0.887. The number of hydrogen-bond donors (Lipinski definition) is 1. The summed E-state index contributed by atoms with van der Waals surface area (Å²) in [4.78, 5) is 36.5. The number of rotatable bonds is 10. The molecule has 1 aliphatic heterocycles. The Hall–Kier alpha value is -1.73.